The number of pyridine rings is 1. The van der Waals surface area contributed by atoms with E-state index in [2.05, 4.69) is 29.3 Å². The molecule has 4 bridgehead atoms. The van der Waals surface area contributed by atoms with E-state index in [4.69, 9.17) is 20.2 Å². The number of fused-ring (bicyclic) bond motifs is 5. The fourth-order valence-electron chi connectivity index (χ4n) is 3.71. The number of thiophene rings is 1. The Bertz CT molecular complexity index is 1340. The second-order valence-electron chi connectivity index (χ2n) is 7.26. The first kappa shape index (κ1) is 20.0. The van der Waals surface area contributed by atoms with Crippen LogP contribution in [0, 0.1) is 0 Å². The summed E-state index contributed by atoms with van der Waals surface area (Å²) in [6.45, 7) is 0.814. The van der Waals surface area contributed by atoms with Gasteiger partial charge in [0.1, 0.15) is 23.2 Å². The molecule has 0 aliphatic carbocycles. The maximum atomic E-state index is 12.0. The van der Waals surface area contributed by atoms with E-state index >= 15 is 0 Å². The lowest BCUT2D eigenvalue weighted by Crippen LogP contribution is -2.27. The third-order valence-corrected chi connectivity index (χ3v) is 5.96. The molecule has 2 N–H and O–H groups in total. The largest absolute Gasteiger partial charge is 0.479 e. The molecule has 3 aromatic rings. The molecule has 0 saturated heterocycles. The van der Waals surface area contributed by atoms with E-state index in [0.717, 1.165) is 26.6 Å². The van der Waals surface area contributed by atoms with Gasteiger partial charge in [0.05, 0.1) is 6.54 Å². The number of amides is 1. The number of ether oxygens (including phenoxy) is 2. The molecule has 1 atom stereocenters. The number of nitrogens with two attached hydrogens (primary N) is 1. The third kappa shape index (κ3) is 4.00. The molecule has 8 heteroatoms. The van der Waals surface area contributed by atoms with Crippen molar-refractivity contribution in [2.45, 2.75) is 6.10 Å². The van der Waals surface area contributed by atoms with E-state index < -0.39 is 12.0 Å². The molecule has 1 aromatic carbocycles. The summed E-state index contributed by atoms with van der Waals surface area (Å²) in [5, 5.41) is 5.11. The van der Waals surface area contributed by atoms with Gasteiger partial charge in [-0.05, 0) is 40.6 Å². The normalized spacial score (nSPS) is 18.4. The summed E-state index contributed by atoms with van der Waals surface area (Å²) in [5.74, 6) is 0.000127. The molecule has 2 aliphatic rings. The Balaban J connectivity index is 1.61. The molecule has 2 aromatic heterocycles. The highest BCUT2D eigenvalue weighted by molar-refractivity contribution is 7.16. The number of aromatic nitrogens is 1. The first-order valence-corrected chi connectivity index (χ1v) is 11.0. The van der Waals surface area contributed by atoms with Crippen LogP contribution in [-0.2, 0) is 9.53 Å². The zero-order valence-corrected chi connectivity index (χ0v) is 17.9. The van der Waals surface area contributed by atoms with Crippen molar-refractivity contribution >= 4 is 50.7 Å². The Morgan fingerprint density at radius 3 is 3.03 bits per heavy atom. The molecule has 0 unspecified atom stereocenters. The summed E-state index contributed by atoms with van der Waals surface area (Å²) >= 11 is 1.57. The number of hydrogen-bond donors (Lipinski definition) is 1. The first-order chi connectivity index (χ1) is 15.7. The Kier molecular flexibility index (Phi) is 5.43. The Morgan fingerprint density at radius 2 is 2.12 bits per heavy atom. The van der Waals surface area contributed by atoms with E-state index in [0.29, 0.717) is 24.7 Å². The molecular weight excluding hydrogens is 424 g/mol. The van der Waals surface area contributed by atoms with Crippen molar-refractivity contribution < 1.29 is 14.3 Å². The van der Waals surface area contributed by atoms with Gasteiger partial charge in [-0.1, -0.05) is 30.4 Å². The smallest absolute Gasteiger partial charge is 0.265 e. The van der Waals surface area contributed by atoms with Gasteiger partial charge >= 0.3 is 0 Å². The van der Waals surface area contributed by atoms with Gasteiger partial charge in [0.2, 0.25) is 5.88 Å². The minimum Gasteiger partial charge on any atom is -0.479 e. The molecule has 2 aliphatic heterocycles. The van der Waals surface area contributed by atoms with Crippen molar-refractivity contribution in [2.75, 3.05) is 13.2 Å². The topological polar surface area (TPSA) is 90.0 Å². The highest BCUT2D eigenvalue weighted by Gasteiger charge is 2.27. The zero-order chi connectivity index (χ0) is 21.9. The Labute approximate surface area is 188 Å². The lowest BCUT2D eigenvalue weighted by Gasteiger charge is -2.17. The predicted octanol–water partition coefficient (Wildman–Crippen LogP) is 3.98. The fraction of sp³-hybridized carbons (Fsp3) is 0.125. The summed E-state index contributed by atoms with van der Waals surface area (Å²) in [6.07, 6.45) is 13.7. The number of allylic oxidation sites excluding steroid dienone is 2. The van der Waals surface area contributed by atoms with Gasteiger partial charge in [-0.2, -0.15) is 0 Å². The summed E-state index contributed by atoms with van der Waals surface area (Å²) in [7, 11) is 0. The van der Waals surface area contributed by atoms with Crippen LogP contribution in [0.25, 0.3) is 27.1 Å². The zero-order valence-electron chi connectivity index (χ0n) is 17.0. The molecule has 5 rings (SSSR count). The van der Waals surface area contributed by atoms with Crippen LogP contribution < -0.4 is 10.5 Å². The van der Waals surface area contributed by atoms with Crippen LogP contribution in [0.5, 0.6) is 5.88 Å². The van der Waals surface area contributed by atoms with Crippen molar-refractivity contribution in [3.8, 4) is 5.88 Å². The van der Waals surface area contributed by atoms with Crippen molar-refractivity contribution in [1.29, 1.82) is 0 Å². The third-order valence-electron chi connectivity index (χ3n) is 5.15. The van der Waals surface area contributed by atoms with Crippen molar-refractivity contribution in [1.82, 2.24) is 9.88 Å². The number of rotatable bonds is 1. The summed E-state index contributed by atoms with van der Waals surface area (Å²) in [6, 6.07) is 8.30. The quantitative estimate of drug-likeness (QED) is 0.613. The van der Waals surface area contributed by atoms with Gasteiger partial charge < -0.3 is 20.1 Å². The minimum absolute atomic E-state index is 0.355. The van der Waals surface area contributed by atoms with Crippen molar-refractivity contribution in [3.05, 3.63) is 77.6 Å². The van der Waals surface area contributed by atoms with Crippen LogP contribution in [0.4, 0.5) is 0 Å². The van der Waals surface area contributed by atoms with E-state index in [-0.39, 0.29) is 0 Å². The van der Waals surface area contributed by atoms with Gasteiger partial charge in [-0.15, -0.1) is 11.3 Å². The van der Waals surface area contributed by atoms with Crippen LogP contribution in [0.3, 0.4) is 0 Å². The first-order valence-electron chi connectivity index (χ1n) is 10.1. The molecule has 0 radical (unpaired) electrons. The molecule has 4 heterocycles. The van der Waals surface area contributed by atoms with Gasteiger partial charge in [0.15, 0.2) is 6.40 Å². The molecule has 0 saturated carbocycles. The number of aliphatic imine (C=N–C) groups is 1. The summed E-state index contributed by atoms with van der Waals surface area (Å²) in [4.78, 5) is 23.4. The second kappa shape index (κ2) is 8.68. The molecule has 1 amide bonds. The van der Waals surface area contributed by atoms with Gasteiger partial charge in [0, 0.05) is 23.2 Å². The standard InChI is InChI=1S/C24H20N4O3S/c25-22(29)21-13-17-14-28(21)9-8-26-15-30-10-3-1-2-4-16-5-6-18-19-7-11-32-24(19)27-23(31-17)20(18)12-16/h1-9,11-13,15,17H,10,14H2,(H2,25,29)/t17-/m1/s1. The van der Waals surface area contributed by atoms with Crippen LogP contribution in [-0.4, -0.2) is 41.4 Å². The molecule has 7 nitrogen and oxygen atoms in total. The highest BCUT2D eigenvalue weighted by atomic mass is 32.1. The molecule has 32 heavy (non-hydrogen) atoms. The van der Waals surface area contributed by atoms with Crippen LogP contribution >= 0.6 is 11.3 Å². The lowest BCUT2D eigenvalue weighted by molar-refractivity contribution is -0.115. The van der Waals surface area contributed by atoms with Gasteiger partial charge in [-0.3, -0.25) is 4.79 Å². The molecule has 160 valence electrons. The number of carbonyl (C=O) groups is 1. The summed E-state index contributed by atoms with van der Waals surface area (Å²) < 4.78 is 11.6. The predicted molar refractivity (Wildman–Crippen MR) is 127 cm³/mol. The maximum Gasteiger partial charge on any atom is 0.265 e. The van der Waals surface area contributed by atoms with E-state index in [1.54, 1.807) is 34.7 Å². The van der Waals surface area contributed by atoms with Crippen molar-refractivity contribution in [3.63, 3.8) is 0 Å². The number of hydrogen-bond acceptors (Lipinski definition) is 7. The average molecular weight is 445 g/mol. The number of nitrogens with zero attached hydrogens (tertiary/aromatic N) is 3. The van der Waals surface area contributed by atoms with Crippen LogP contribution in [0.2, 0.25) is 0 Å². The van der Waals surface area contributed by atoms with Gasteiger partial charge in [-0.25, -0.2) is 9.98 Å². The lowest BCUT2D eigenvalue weighted by atomic mass is 10.1. The van der Waals surface area contributed by atoms with Crippen LogP contribution in [0.1, 0.15) is 5.56 Å². The van der Waals surface area contributed by atoms with Crippen LogP contribution in [0.15, 0.2) is 77.0 Å². The number of benzene rings is 1. The second-order valence-corrected chi connectivity index (χ2v) is 8.15. The van der Waals surface area contributed by atoms with Crippen molar-refractivity contribution in [2.24, 2.45) is 10.7 Å². The average Bonchev–Trinajstić information content (AvgIpc) is 3.41. The number of primary amides is 1. The SMILES string of the molecule is NC(=O)C1=C[C@@H]2CN1C=CN=COCC=CC=Cc1ccc3c(c1)c(nc1sccc13)O2. The highest BCUT2D eigenvalue weighted by Crippen LogP contribution is 2.35. The minimum atomic E-state index is -0.532. The molecule has 0 fully saturated rings. The van der Waals surface area contributed by atoms with E-state index in [1.165, 1.54) is 6.40 Å². The summed E-state index contributed by atoms with van der Waals surface area (Å²) in [5.41, 5.74) is 6.96. The molecular formula is C24H20N4O3S. The van der Waals surface area contributed by atoms with E-state index in [1.807, 2.05) is 29.7 Å². The monoisotopic (exact) mass is 444 g/mol. The maximum absolute atomic E-state index is 12.0. The number of carbonyl (C=O) groups excluding carboxylic acids is 1. The molecule has 0 spiro atoms. The van der Waals surface area contributed by atoms with E-state index in [9.17, 15) is 4.79 Å². The van der Waals surface area contributed by atoms with Gasteiger partial charge in [0.25, 0.3) is 5.91 Å². The Morgan fingerprint density at radius 1 is 1.19 bits per heavy atom. The fourth-order valence-corrected chi connectivity index (χ4v) is 4.48. The Hall–Kier alpha value is -3.91.